The van der Waals surface area contributed by atoms with Gasteiger partial charge in [-0.25, -0.2) is 4.79 Å². The number of hydrogen-bond donors (Lipinski definition) is 1. The highest BCUT2D eigenvalue weighted by Gasteiger charge is 2.19. The maximum Gasteiger partial charge on any atom is 0.341 e. The van der Waals surface area contributed by atoms with Crippen LogP contribution in [-0.2, 0) is 9.53 Å². The number of halogens is 3. The van der Waals surface area contributed by atoms with E-state index in [2.05, 4.69) is 5.32 Å². The van der Waals surface area contributed by atoms with Gasteiger partial charge in [0.05, 0.1) is 24.4 Å². The van der Waals surface area contributed by atoms with Crippen molar-refractivity contribution in [3.8, 4) is 5.75 Å². The Bertz CT molecular complexity index is 520. The van der Waals surface area contributed by atoms with Crippen molar-refractivity contribution < 1.29 is 19.1 Å². The van der Waals surface area contributed by atoms with Gasteiger partial charge >= 0.3 is 5.97 Å². The molecule has 1 aromatic carbocycles. The Kier molecular flexibility index (Phi) is 6.39. The lowest BCUT2D eigenvalue weighted by atomic mass is 10.1. The topological polar surface area (TPSA) is 64.6 Å². The van der Waals surface area contributed by atoms with E-state index in [-0.39, 0.29) is 28.6 Å². The molecule has 0 unspecified atom stereocenters. The van der Waals surface area contributed by atoms with E-state index in [4.69, 9.17) is 44.3 Å². The number of rotatable bonds is 5. The third-order valence-electron chi connectivity index (χ3n) is 2.24. The zero-order valence-electron chi connectivity index (χ0n) is 10.7. The highest BCUT2D eigenvalue weighted by Crippen LogP contribution is 2.31. The quantitative estimate of drug-likeness (QED) is 0.660. The Labute approximate surface area is 131 Å². The minimum atomic E-state index is -1.23. The van der Waals surface area contributed by atoms with Crippen molar-refractivity contribution in [2.24, 2.45) is 0 Å². The zero-order valence-corrected chi connectivity index (χ0v) is 13.0. The number of alkyl halides is 2. The van der Waals surface area contributed by atoms with Crippen molar-refractivity contribution in [1.82, 2.24) is 0 Å². The van der Waals surface area contributed by atoms with E-state index >= 15 is 0 Å². The molecule has 0 heterocycles. The van der Waals surface area contributed by atoms with E-state index in [9.17, 15) is 9.59 Å². The molecule has 0 saturated carbocycles. The highest BCUT2D eigenvalue weighted by atomic mass is 35.5. The number of esters is 1. The number of methoxy groups -OCH3 is 1. The van der Waals surface area contributed by atoms with Crippen LogP contribution in [-0.4, -0.2) is 30.4 Å². The minimum Gasteiger partial charge on any atom is -0.496 e. The molecule has 0 aliphatic carbocycles. The highest BCUT2D eigenvalue weighted by molar-refractivity contribution is 6.54. The molecular formula is C12H12Cl3NO4. The molecular weight excluding hydrogens is 328 g/mol. The van der Waals surface area contributed by atoms with Gasteiger partial charge in [-0.2, -0.15) is 0 Å². The first-order chi connectivity index (χ1) is 9.40. The fourth-order valence-corrected chi connectivity index (χ4v) is 1.69. The van der Waals surface area contributed by atoms with Crippen LogP contribution in [0.1, 0.15) is 17.3 Å². The first kappa shape index (κ1) is 16.9. The number of ether oxygens (including phenoxy) is 2. The standard InChI is InChI=1S/C12H12Cl3NO4/c1-3-20-12(18)6-4-7(13)8(5-9(6)19-2)16-11(17)10(14)15/h4-5,10H,3H2,1-2H3,(H,16,17). The zero-order chi connectivity index (χ0) is 15.3. The van der Waals surface area contributed by atoms with Crippen LogP contribution in [0.15, 0.2) is 12.1 Å². The third-order valence-corrected chi connectivity index (χ3v) is 2.95. The second-order valence-corrected chi connectivity index (χ2v) is 5.05. The molecule has 1 N–H and O–H groups in total. The Morgan fingerprint density at radius 3 is 2.50 bits per heavy atom. The van der Waals surface area contributed by atoms with Crippen LogP contribution in [0.3, 0.4) is 0 Å². The van der Waals surface area contributed by atoms with E-state index in [1.807, 2.05) is 0 Å². The summed E-state index contributed by atoms with van der Waals surface area (Å²) in [6.07, 6.45) is 0. The van der Waals surface area contributed by atoms with E-state index in [1.54, 1.807) is 6.92 Å². The van der Waals surface area contributed by atoms with Crippen LogP contribution >= 0.6 is 34.8 Å². The van der Waals surface area contributed by atoms with Crippen molar-refractivity contribution >= 4 is 52.4 Å². The monoisotopic (exact) mass is 339 g/mol. The maximum absolute atomic E-state index is 11.7. The second-order valence-electron chi connectivity index (χ2n) is 3.54. The van der Waals surface area contributed by atoms with Crippen LogP contribution in [0, 0.1) is 0 Å². The average Bonchev–Trinajstić information content (AvgIpc) is 2.40. The Morgan fingerprint density at radius 2 is 2.00 bits per heavy atom. The summed E-state index contributed by atoms with van der Waals surface area (Å²) in [6, 6.07) is 2.73. The van der Waals surface area contributed by atoms with Crippen LogP contribution < -0.4 is 10.1 Å². The molecule has 0 aliphatic rings. The molecule has 0 saturated heterocycles. The molecule has 0 radical (unpaired) electrons. The lowest BCUT2D eigenvalue weighted by Gasteiger charge is -2.13. The van der Waals surface area contributed by atoms with E-state index in [1.165, 1.54) is 19.2 Å². The summed E-state index contributed by atoms with van der Waals surface area (Å²) in [5.74, 6) is -0.998. The number of nitrogens with one attached hydrogen (secondary N) is 1. The summed E-state index contributed by atoms with van der Waals surface area (Å²) < 4.78 is 9.95. The molecule has 0 aliphatic heterocycles. The van der Waals surface area contributed by atoms with Gasteiger partial charge in [0.2, 0.25) is 0 Å². The number of anilines is 1. The summed E-state index contributed by atoms with van der Waals surface area (Å²) in [4.78, 5) is 21.9. The summed E-state index contributed by atoms with van der Waals surface area (Å²) >= 11 is 16.9. The van der Waals surface area contributed by atoms with Gasteiger partial charge in [-0.1, -0.05) is 34.8 Å². The van der Waals surface area contributed by atoms with Gasteiger partial charge in [-0.3, -0.25) is 4.79 Å². The van der Waals surface area contributed by atoms with Crippen molar-refractivity contribution in [1.29, 1.82) is 0 Å². The summed E-state index contributed by atoms with van der Waals surface area (Å²) in [6.45, 7) is 1.90. The number of hydrogen-bond acceptors (Lipinski definition) is 4. The molecule has 0 aromatic heterocycles. The van der Waals surface area contributed by atoms with E-state index < -0.39 is 16.7 Å². The van der Waals surface area contributed by atoms with E-state index in [0.717, 1.165) is 0 Å². The van der Waals surface area contributed by atoms with Gasteiger partial charge in [0.1, 0.15) is 11.3 Å². The van der Waals surface area contributed by atoms with Gasteiger partial charge in [-0.05, 0) is 13.0 Å². The van der Waals surface area contributed by atoms with Gasteiger partial charge in [0.15, 0.2) is 4.84 Å². The predicted molar refractivity (Wildman–Crippen MR) is 78.1 cm³/mol. The van der Waals surface area contributed by atoms with Crippen molar-refractivity contribution in [3.05, 3.63) is 22.7 Å². The summed E-state index contributed by atoms with van der Waals surface area (Å²) in [5, 5.41) is 2.55. The van der Waals surface area contributed by atoms with Crippen LogP contribution in [0.4, 0.5) is 5.69 Å². The fourth-order valence-electron chi connectivity index (χ4n) is 1.37. The van der Waals surface area contributed by atoms with Gasteiger partial charge in [0.25, 0.3) is 5.91 Å². The number of benzene rings is 1. The Hall–Kier alpha value is -1.17. The lowest BCUT2D eigenvalue weighted by molar-refractivity contribution is -0.114. The number of carbonyl (C=O) groups is 2. The second kappa shape index (κ2) is 7.57. The van der Waals surface area contributed by atoms with Crippen molar-refractivity contribution in [3.63, 3.8) is 0 Å². The van der Waals surface area contributed by atoms with Gasteiger partial charge in [0, 0.05) is 6.07 Å². The molecule has 0 spiro atoms. The molecule has 0 atom stereocenters. The molecule has 5 nitrogen and oxygen atoms in total. The molecule has 0 fully saturated rings. The molecule has 110 valence electrons. The molecule has 1 rings (SSSR count). The number of amides is 1. The molecule has 8 heteroatoms. The largest absolute Gasteiger partial charge is 0.496 e. The average molecular weight is 341 g/mol. The smallest absolute Gasteiger partial charge is 0.341 e. The predicted octanol–water partition coefficient (Wildman–Crippen LogP) is 3.27. The van der Waals surface area contributed by atoms with Gasteiger partial charge in [-0.15, -0.1) is 0 Å². The van der Waals surface area contributed by atoms with Crippen LogP contribution in [0.2, 0.25) is 5.02 Å². The van der Waals surface area contributed by atoms with Crippen LogP contribution in [0.5, 0.6) is 5.75 Å². The number of carbonyl (C=O) groups excluding carboxylic acids is 2. The first-order valence-electron chi connectivity index (χ1n) is 5.54. The maximum atomic E-state index is 11.7. The van der Waals surface area contributed by atoms with Crippen molar-refractivity contribution in [2.75, 3.05) is 19.0 Å². The normalized spacial score (nSPS) is 10.3. The summed E-state index contributed by atoms with van der Waals surface area (Å²) in [5.41, 5.74) is 0.388. The van der Waals surface area contributed by atoms with E-state index in [0.29, 0.717) is 0 Å². The minimum absolute atomic E-state index is 0.135. The summed E-state index contributed by atoms with van der Waals surface area (Å²) in [7, 11) is 1.38. The van der Waals surface area contributed by atoms with Crippen LogP contribution in [0.25, 0.3) is 0 Å². The molecule has 20 heavy (non-hydrogen) atoms. The molecule has 1 aromatic rings. The van der Waals surface area contributed by atoms with Gasteiger partial charge < -0.3 is 14.8 Å². The third kappa shape index (κ3) is 4.16. The SMILES string of the molecule is CCOC(=O)c1cc(Cl)c(NC(=O)C(Cl)Cl)cc1OC. The first-order valence-corrected chi connectivity index (χ1v) is 6.79. The molecule has 0 bridgehead atoms. The lowest BCUT2D eigenvalue weighted by Crippen LogP contribution is -2.19. The van der Waals surface area contributed by atoms with Crippen molar-refractivity contribution in [2.45, 2.75) is 11.8 Å². The Balaban J connectivity index is 3.13. The molecule has 1 amide bonds. The fraction of sp³-hybridized carbons (Fsp3) is 0.333. The Morgan fingerprint density at radius 1 is 1.35 bits per heavy atom.